The molecule has 3 aromatic rings. The Morgan fingerprint density at radius 1 is 1.17 bits per heavy atom. The van der Waals surface area contributed by atoms with Gasteiger partial charge in [-0.2, -0.15) is 5.26 Å². The van der Waals surface area contributed by atoms with E-state index in [-0.39, 0.29) is 23.1 Å². The molecular weight excluding hydrogens is 366 g/mol. The van der Waals surface area contributed by atoms with Crippen LogP contribution in [0, 0.1) is 11.3 Å². The largest absolute Gasteiger partial charge is 0.506 e. The second-order valence-corrected chi connectivity index (χ2v) is 7.33. The normalized spacial score (nSPS) is 17.0. The molecule has 7 heteroatoms. The van der Waals surface area contributed by atoms with Crippen molar-refractivity contribution in [2.45, 2.75) is 13.0 Å². The third-order valence-corrected chi connectivity index (χ3v) is 5.64. The molecule has 2 heterocycles. The van der Waals surface area contributed by atoms with Crippen molar-refractivity contribution in [3.63, 3.8) is 0 Å². The van der Waals surface area contributed by atoms with E-state index < -0.39 is 0 Å². The van der Waals surface area contributed by atoms with Gasteiger partial charge in [0.2, 0.25) is 0 Å². The van der Waals surface area contributed by atoms with Gasteiger partial charge in [0, 0.05) is 0 Å². The lowest BCUT2D eigenvalue weighted by molar-refractivity contribution is -0.919. The third-order valence-electron chi connectivity index (χ3n) is 5.64. The summed E-state index contributed by atoms with van der Waals surface area (Å²) in [5.74, 6) is 0.728. The molecule has 0 aliphatic carbocycles. The van der Waals surface area contributed by atoms with Gasteiger partial charge in [-0.05, 0) is 31.2 Å². The maximum atomic E-state index is 10.9. The first-order chi connectivity index (χ1) is 14.1. The number of nitrogens with one attached hydrogen (secondary N) is 2. The first-order valence-electron chi connectivity index (χ1n) is 9.74. The van der Waals surface area contributed by atoms with Crippen molar-refractivity contribution in [3.05, 3.63) is 60.1 Å². The molecule has 1 atom stereocenters. The van der Waals surface area contributed by atoms with Crippen LogP contribution in [-0.2, 0) is 0 Å². The molecule has 2 aromatic carbocycles. The lowest BCUT2D eigenvalue weighted by Gasteiger charge is -2.36. The molecule has 0 spiro atoms. The van der Waals surface area contributed by atoms with E-state index in [1.807, 2.05) is 49.4 Å². The Kier molecular flexibility index (Phi) is 5.10. The summed E-state index contributed by atoms with van der Waals surface area (Å²) in [6.07, 6.45) is 0. The van der Waals surface area contributed by atoms with Gasteiger partial charge in [-0.25, -0.2) is 4.98 Å². The summed E-state index contributed by atoms with van der Waals surface area (Å²) < 4.78 is 0. The molecule has 1 aromatic heterocycles. The zero-order valence-electron chi connectivity index (χ0n) is 16.3. The number of fused-ring (bicyclic) bond motifs is 1. The topological polar surface area (TPSA) is 101 Å². The van der Waals surface area contributed by atoms with Gasteiger partial charge >= 0.3 is 0 Å². The highest BCUT2D eigenvalue weighted by Gasteiger charge is 2.30. The van der Waals surface area contributed by atoms with Crippen LogP contribution < -0.4 is 9.80 Å². The Bertz CT molecular complexity index is 1060. The minimum absolute atomic E-state index is 0.0533. The van der Waals surface area contributed by atoms with Crippen LogP contribution in [-0.4, -0.2) is 52.4 Å². The SMILES string of the molecule is C[C@H](/C(O)=C(\C#N)c1nc2ccccc2[nH]1)[NH+]1CCN(c2ccccc2O)CC1. The van der Waals surface area contributed by atoms with Gasteiger partial charge in [0.15, 0.2) is 11.6 Å². The monoisotopic (exact) mass is 390 g/mol. The number of nitrogens with zero attached hydrogens (tertiary/aromatic N) is 3. The number of aromatic nitrogens is 2. The Hall–Kier alpha value is -3.50. The number of H-pyrrole nitrogens is 1. The molecule has 4 rings (SSSR count). The number of piperazine rings is 1. The third kappa shape index (κ3) is 3.62. The number of hydrogen-bond acceptors (Lipinski definition) is 5. The molecule has 148 valence electrons. The molecule has 4 N–H and O–H groups in total. The predicted molar refractivity (Wildman–Crippen MR) is 112 cm³/mol. The molecule has 29 heavy (non-hydrogen) atoms. The number of aromatic hydroxyl groups is 1. The van der Waals surface area contributed by atoms with E-state index >= 15 is 0 Å². The summed E-state index contributed by atoms with van der Waals surface area (Å²) in [4.78, 5) is 10.9. The van der Waals surface area contributed by atoms with E-state index in [1.165, 1.54) is 4.90 Å². The van der Waals surface area contributed by atoms with Crippen molar-refractivity contribution in [3.8, 4) is 11.8 Å². The van der Waals surface area contributed by atoms with Crippen molar-refractivity contribution in [2.24, 2.45) is 0 Å². The summed E-state index contributed by atoms with van der Waals surface area (Å²) in [6, 6.07) is 16.8. The van der Waals surface area contributed by atoms with Gasteiger partial charge in [-0.3, -0.25) is 0 Å². The maximum absolute atomic E-state index is 10.9. The number of benzene rings is 2. The summed E-state index contributed by atoms with van der Waals surface area (Å²) >= 11 is 0. The van der Waals surface area contributed by atoms with Gasteiger partial charge in [-0.15, -0.1) is 0 Å². The molecule has 1 aliphatic rings. The molecule has 1 aliphatic heterocycles. The average Bonchev–Trinajstić information content (AvgIpc) is 3.18. The fourth-order valence-corrected chi connectivity index (χ4v) is 3.91. The van der Waals surface area contributed by atoms with Gasteiger partial charge in [0.1, 0.15) is 23.4 Å². The minimum Gasteiger partial charge on any atom is -0.506 e. The number of quaternary nitrogens is 1. The standard InChI is InChI=1S/C22H23N5O2/c1-15(26-10-12-27(13-11-26)19-8-4-5-9-20(19)28)21(29)16(14-23)22-24-17-6-2-3-7-18(17)25-22/h2-9,15,28-29H,10-13H2,1H3,(H,24,25)/p+1/b21-16-/t15-/m1/s1. The highest BCUT2D eigenvalue weighted by Crippen LogP contribution is 2.26. The Labute approximate surface area is 169 Å². The number of aromatic amines is 1. The zero-order chi connectivity index (χ0) is 20.4. The quantitative estimate of drug-likeness (QED) is 0.402. The fourth-order valence-electron chi connectivity index (χ4n) is 3.91. The van der Waals surface area contributed by atoms with E-state index in [0.717, 1.165) is 42.9 Å². The molecule has 0 unspecified atom stereocenters. The molecule has 1 fully saturated rings. The molecule has 0 bridgehead atoms. The molecule has 0 radical (unpaired) electrons. The second-order valence-electron chi connectivity index (χ2n) is 7.33. The van der Waals surface area contributed by atoms with Crippen LogP contribution in [0.15, 0.2) is 54.3 Å². The van der Waals surface area contributed by atoms with Crippen molar-refractivity contribution in [1.29, 1.82) is 5.26 Å². The van der Waals surface area contributed by atoms with Crippen LogP contribution >= 0.6 is 0 Å². The smallest absolute Gasteiger partial charge is 0.172 e. The number of phenolic OH excluding ortho intramolecular Hbond substituents is 1. The number of anilines is 1. The van der Waals surface area contributed by atoms with E-state index in [2.05, 4.69) is 20.9 Å². The van der Waals surface area contributed by atoms with Crippen LogP contribution in [0.25, 0.3) is 16.6 Å². The van der Waals surface area contributed by atoms with E-state index in [9.17, 15) is 15.5 Å². The lowest BCUT2D eigenvalue weighted by atomic mass is 10.1. The number of imidazole rings is 1. The first kappa shape index (κ1) is 18.8. The van der Waals surface area contributed by atoms with Crippen molar-refractivity contribution in [2.75, 3.05) is 31.1 Å². The van der Waals surface area contributed by atoms with Gasteiger partial charge in [-0.1, -0.05) is 24.3 Å². The van der Waals surface area contributed by atoms with E-state index in [4.69, 9.17) is 0 Å². The molecule has 0 saturated carbocycles. The number of aliphatic hydroxyl groups excluding tert-OH is 1. The van der Waals surface area contributed by atoms with Crippen LogP contribution in [0.3, 0.4) is 0 Å². The number of phenols is 1. The maximum Gasteiger partial charge on any atom is 0.172 e. The minimum atomic E-state index is -0.232. The molecule has 7 nitrogen and oxygen atoms in total. The van der Waals surface area contributed by atoms with Crippen LogP contribution in [0.2, 0.25) is 0 Å². The van der Waals surface area contributed by atoms with Gasteiger partial charge < -0.3 is 25.0 Å². The first-order valence-corrected chi connectivity index (χ1v) is 9.74. The summed E-state index contributed by atoms with van der Waals surface area (Å²) in [7, 11) is 0. The fraction of sp³-hybridized carbons (Fsp3) is 0.273. The molecule has 0 amide bonds. The number of aliphatic hydroxyl groups is 1. The number of rotatable bonds is 4. The van der Waals surface area contributed by atoms with Crippen LogP contribution in [0.4, 0.5) is 5.69 Å². The Morgan fingerprint density at radius 2 is 1.86 bits per heavy atom. The number of hydrogen-bond donors (Lipinski definition) is 4. The Morgan fingerprint density at radius 3 is 2.55 bits per heavy atom. The van der Waals surface area contributed by atoms with E-state index in [1.54, 1.807) is 6.07 Å². The average molecular weight is 390 g/mol. The highest BCUT2D eigenvalue weighted by molar-refractivity contribution is 5.82. The Balaban J connectivity index is 1.52. The second kappa shape index (κ2) is 7.86. The van der Waals surface area contributed by atoms with E-state index in [0.29, 0.717) is 5.82 Å². The summed E-state index contributed by atoms with van der Waals surface area (Å²) in [5.41, 5.74) is 2.61. The van der Waals surface area contributed by atoms with Crippen molar-refractivity contribution < 1.29 is 15.1 Å². The zero-order valence-corrected chi connectivity index (χ0v) is 16.3. The number of nitriles is 1. The van der Waals surface area contributed by atoms with Crippen molar-refractivity contribution in [1.82, 2.24) is 9.97 Å². The molecular formula is C22H24N5O2+. The summed E-state index contributed by atoms with van der Waals surface area (Å²) in [6.45, 7) is 5.03. The van der Waals surface area contributed by atoms with Crippen LogP contribution in [0.1, 0.15) is 12.7 Å². The number of allylic oxidation sites excluding steroid dienone is 1. The number of para-hydroxylation sites is 4. The van der Waals surface area contributed by atoms with Gasteiger partial charge in [0.05, 0.1) is 42.9 Å². The summed E-state index contributed by atoms with van der Waals surface area (Å²) in [5, 5.41) is 30.6. The lowest BCUT2D eigenvalue weighted by Crippen LogP contribution is -3.18. The van der Waals surface area contributed by atoms with Gasteiger partial charge in [0.25, 0.3) is 0 Å². The van der Waals surface area contributed by atoms with Crippen LogP contribution in [0.5, 0.6) is 5.75 Å². The van der Waals surface area contributed by atoms with Crippen molar-refractivity contribution >= 4 is 22.3 Å². The molecule has 1 saturated heterocycles. The highest BCUT2D eigenvalue weighted by atomic mass is 16.3. The predicted octanol–water partition coefficient (Wildman–Crippen LogP) is 1.85.